The SMILES string of the molecule is CCN(CC)C(=O)[C@@H]1C=C2c3cccc4c3c(cn4C(=O)C3CCC3)CC2N(C)C1. The first kappa shape index (κ1) is 19.6. The van der Waals surface area contributed by atoms with Crippen molar-refractivity contribution in [1.29, 1.82) is 0 Å². The van der Waals surface area contributed by atoms with Gasteiger partial charge in [0, 0.05) is 43.2 Å². The van der Waals surface area contributed by atoms with Crippen molar-refractivity contribution >= 4 is 28.3 Å². The molecule has 3 aliphatic rings. The summed E-state index contributed by atoms with van der Waals surface area (Å²) in [5.41, 5.74) is 4.73. The van der Waals surface area contributed by atoms with Gasteiger partial charge in [0.2, 0.25) is 11.8 Å². The first-order chi connectivity index (χ1) is 14.5. The fourth-order valence-electron chi connectivity index (χ4n) is 5.52. The Labute approximate surface area is 178 Å². The molecule has 0 bridgehead atoms. The summed E-state index contributed by atoms with van der Waals surface area (Å²) in [7, 11) is 2.13. The van der Waals surface area contributed by atoms with E-state index in [2.05, 4.69) is 42.4 Å². The van der Waals surface area contributed by atoms with Crippen LogP contribution in [0.25, 0.3) is 16.5 Å². The Morgan fingerprint density at radius 1 is 1.17 bits per heavy atom. The van der Waals surface area contributed by atoms with Crippen molar-refractivity contribution in [3.63, 3.8) is 0 Å². The molecule has 2 aliphatic carbocycles. The van der Waals surface area contributed by atoms with E-state index in [0.29, 0.717) is 0 Å². The molecule has 158 valence electrons. The second-order valence-electron chi connectivity index (χ2n) is 9.09. The lowest BCUT2D eigenvalue weighted by molar-refractivity contribution is -0.134. The van der Waals surface area contributed by atoms with Gasteiger partial charge in [0.05, 0.1) is 11.4 Å². The standard InChI is InChI=1S/C25H31N3O2/c1-4-27(5-2)24(29)18-12-20-19-10-7-11-21-23(19)17(13-22(20)26(3)14-18)15-28(21)25(30)16-8-6-9-16/h7,10-12,15-16,18,22H,4-6,8-9,13-14H2,1-3H3/t18-,22?/m1/s1. The molecule has 5 heteroatoms. The van der Waals surface area contributed by atoms with Crippen LogP contribution >= 0.6 is 0 Å². The first-order valence-electron chi connectivity index (χ1n) is 11.4. The maximum absolute atomic E-state index is 13.1. The van der Waals surface area contributed by atoms with E-state index in [1.807, 2.05) is 23.3 Å². The van der Waals surface area contributed by atoms with Crippen LogP contribution in [-0.4, -0.2) is 58.9 Å². The van der Waals surface area contributed by atoms with Crippen LogP contribution in [0.2, 0.25) is 0 Å². The third kappa shape index (κ3) is 2.86. The van der Waals surface area contributed by atoms with Crippen LogP contribution in [0, 0.1) is 11.8 Å². The largest absolute Gasteiger partial charge is 0.343 e. The van der Waals surface area contributed by atoms with Gasteiger partial charge in [-0.3, -0.25) is 19.1 Å². The van der Waals surface area contributed by atoms with Gasteiger partial charge in [0.15, 0.2) is 0 Å². The second-order valence-corrected chi connectivity index (χ2v) is 9.09. The van der Waals surface area contributed by atoms with Crippen molar-refractivity contribution in [1.82, 2.24) is 14.4 Å². The number of fused-ring (bicyclic) bond motifs is 2. The maximum atomic E-state index is 13.1. The molecule has 1 fully saturated rings. The molecule has 0 N–H and O–H groups in total. The number of nitrogens with zero attached hydrogens (tertiary/aromatic N) is 3. The minimum atomic E-state index is -0.114. The fourth-order valence-corrected chi connectivity index (χ4v) is 5.52. The van der Waals surface area contributed by atoms with Gasteiger partial charge in [-0.1, -0.05) is 24.6 Å². The van der Waals surface area contributed by atoms with Gasteiger partial charge in [-0.05, 0) is 62.9 Å². The number of aromatic nitrogens is 1. The average Bonchev–Trinajstić information content (AvgIpc) is 3.08. The van der Waals surface area contributed by atoms with Crippen molar-refractivity contribution in [3.8, 4) is 0 Å². The van der Waals surface area contributed by atoms with Crippen LogP contribution in [0.5, 0.6) is 0 Å². The molecule has 5 rings (SSSR count). The molecule has 2 aromatic rings. The van der Waals surface area contributed by atoms with E-state index in [1.54, 1.807) is 0 Å². The lowest BCUT2D eigenvalue weighted by atomic mass is 9.79. The van der Waals surface area contributed by atoms with Crippen molar-refractivity contribution < 1.29 is 9.59 Å². The Bertz CT molecular complexity index is 1040. The van der Waals surface area contributed by atoms with E-state index in [1.165, 1.54) is 22.1 Å². The summed E-state index contributed by atoms with van der Waals surface area (Å²) < 4.78 is 1.91. The summed E-state index contributed by atoms with van der Waals surface area (Å²) in [6.45, 7) is 6.32. The number of hydrogen-bond donors (Lipinski definition) is 0. The molecule has 30 heavy (non-hydrogen) atoms. The van der Waals surface area contributed by atoms with Gasteiger partial charge < -0.3 is 4.90 Å². The molecule has 1 aliphatic heterocycles. The van der Waals surface area contributed by atoms with E-state index in [4.69, 9.17) is 0 Å². The summed E-state index contributed by atoms with van der Waals surface area (Å²) in [6.07, 6.45) is 8.39. The molecule has 1 aromatic carbocycles. The summed E-state index contributed by atoms with van der Waals surface area (Å²) in [4.78, 5) is 30.4. The number of amides is 1. The van der Waals surface area contributed by atoms with E-state index in [9.17, 15) is 9.59 Å². The van der Waals surface area contributed by atoms with Crippen LogP contribution in [0.3, 0.4) is 0 Å². The molecule has 1 aromatic heterocycles. The van der Waals surface area contributed by atoms with Gasteiger partial charge >= 0.3 is 0 Å². The third-order valence-electron chi connectivity index (χ3n) is 7.47. The van der Waals surface area contributed by atoms with Gasteiger partial charge in [0.1, 0.15) is 0 Å². The summed E-state index contributed by atoms with van der Waals surface area (Å²) in [5.74, 6) is 0.527. The van der Waals surface area contributed by atoms with Gasteiger partial charge in [-0.15, -0.1) is 0 Å². The number of likely N-dealkylation sites (N-methyl/N-ethyl adjacent to an activating group) is 1. The quantitative estimate of drug-likeness (QED) is 0.777. The highest BCUT2D eigenvalue weighted by Gasteiger charge is 2.37. The zero-order valence-corrected chi connectivity index (χ0v) is 18.2. The van der Waals surface area contributed by atoms with E-state index in [0.717, 1.165) is 50.8 Å². The van der Waals surface area contributed by atoms with Gasteiger partial charge in [0.25, 0.3) is 0 Å². The highest BCUT2D eigenvalue weighted by Crippen LogP contribution is 2.42. The zero-order chi connectivity index (χ0) is 21.0. The molecule has 0 spiro atoms. The van der Waals surface area contributed by atoms with Crippen LogP contribution < -0.4 is 0 Å². The first-order valence-corrected chi connectivity index (χ1v) is 11.4. The predicted molar refractivity (Wildman–Crippen MR) is 119 cm³/mol. The third-order valence-corrected chi connectivity index (χ3v) is 7.47. The topological polar surface area (TPSA) is 45.6 Å². The minimum Gasteiger partial charge on any atom is -0.343 e. The fraction of sp³-hybridized carbons (Fsp3) is 0.520. The van der Waals surface area contributed by atoms with E-state index in [-0.39, 0.29) is 29.7 Å². The van der Waals surface area contributed by atoms with Crippen molar-refractivity contribution in [3.05, 3.63) is 41.6 Å². The smallest absolute Gasteiger partial charge is 0.234 e. The Hall–Kier alpha value is -2.40. The maximum Gasteiger partial charge on any atom is 0.234 e. The Morgan fingerprint density at radius 2 is 1.93 bits per heavy atom. The molecule has 2 atom stereocenters. The number of carbonyl (C=O) groups is 2. The van der Waals surface area contributed by atoms with Crippen LogP contribution in [-0.2, 0) is 11.2 Å². The molecule has 1 amide bonds. The van der Waals surface area contributed by atoms with Crippen molar-refractivity contribution in [2.24, 2.45) is 11.8 Å². The monoisotopic (exact) mass is 405 g/mol. The molecular weight excluding hydrogens is 374 g/mol. The number of rotatable bonds is 4. The van der Waals surface area contributed by atoms with Crippen LogP contribution in [0.4, 0.5) is 0 Å². The number of hydrogen-bond acceptors (Lipinski definition) is 3. The summed E-state index contributed by atoms with van der Waals surface area (Å²) in [5, 5.41) is 1.21. The Kier molecular flexibility index (Phi) is 4.81. The highest BCUT2D eigenvalue weighted by atomic mass is 16.2. The molecule has 2 heterocycles. The van der Waals surface area contributed by atoms with Crippen LogP contribution in [0.15, 0.2) is 30.5 Å². The number of carbonyl (C=O) groups excluding carboxylic acids is 2. The molecular formula is C25H31N3O2. The molecule has 0 radical (unpaired) electrons. The summed E-state index contributed by atoms with van der Waals surface area (Å²) in [6, 6.07) is 6.56. The Balaban J connectivity index is 1.59. The highest BCUT2D eigenvalue weighted by molar-refractivity contribution is 6.03. The predicted octanol–water partition coefficient (Wildman–Crippen LogP) is 3.82. The van der Waals surface area contributed by atoms with Crippen molar-refractivity contribution in [2.75, 3.05) is 26.7 Å². The van der Waals surface area contributed by atoms with Crippen molar-refractivity contribution in [2.45, 2.75) is 45.6 Å². The summed E-state index contributed by atoms with van der Waals surface area (Å²) >= 11 is 0. The molecule has 0 saturated heterocycles. The minimum absolute atomic E-state index is 0.114. The van der Waals surface area contributed by atoms with Crippen LogP contribution in [0.1, 0.15) is 49.0 Å². The Morgan fingerprint density at radius 3 is 2.60 bits per heavy atom. The molecule has 5 nitrogen and oxygen atoms in total. The lowest BCUT2D eigenvalue weighted by Gasteiger charge is -2.40. The van der Waals surface area contributed by atoms with E-state index < -0.39 is 0 Å². The zero-order valence-electron chi connectivity index (χ0n) is 18.2. The van der Waals surface area contributed by atoms with Gasteiger partial charge in [-0.2, -0.15) is 0 Å². The van der Waals surface area contributed by atoms with E-state index >= 15 is 0 Å². The molecule has 1 unspecified atom stereocenters. The molecule has 1 saturated carbocycles. The number of benzene rings is 1. The normalized spacial score (nSPS) is 23.6. The second kappa shape index (κ2) is 7.38. The van der Waals surface area contributed by atoms with Gasteiger partial charge in [-0.25, -0.2) is 0 Å². The average molecular weight is 406 g/mol. The lowest BCUT2D eigenvalue weighted by Crippen LogP contribution is -2.47.